The summed E-state index contributed by atoms with van der Waals surface area (Å²) in [5.41, 5.74) is 2.87. The smallest absolute Gasteiger partial charge is 0.277 e. The average Bonchev–Trinajstić information content (AvgIpc) is 3.17. The van der Waals surface area contributed by atoms with Gasteiger partial charge in [0.15, 0.2) is 0 Å². The van der Waals surface area contributed by atoms with E-state index >= 15 is 0 Å². The number of hydrogen-bond donors (Lipinski definition) is 1. The number of carbonyl (C=O) groups is 1. The Bertz CT molecular complexity index is 895. The summed E-state index contributed by atoms with van der Waals surface area (Å²) in [4.78, 5) is 12.6. The summed E-state index contributed by atoms with van der Waals surface area (Å²) in [6.07, 6.45) is 1.02. The number of hydrogen-bond acceptors (Lipinski definition) is 5. The zero-order valence-electron chi connectivity index (χ0n) is 15.7. The molecule has 1 amide bonds. The highest BCUT2D eigenvalue weighted by molar-refractivity contribution is 8.00. The highest BCUT2D eigenvalue weighted by atomic mass is 32.2. The van der Waals surface area contributed by atoms with Gasteiger partial charge in [-0.05, 0) is 43.0 Å². The minimum absolute atomic E-state index is 0.0878. The lowest BCUT2D eigenvalue weighted by molar-refractivity contribution is -0.115. The van der Waals surface area contributed by atoms with Gasteiger partial charge in [-0.15, -0.1) is 10.2 Å². The van der Waals surface area contributed by atoms with Crippen molar-refractivity contribution in [3.8, 4) is 11.5 Å². The van der Waals surface area contributed by atoms with Gasteiger partial charge in [0.25, 0.3) is 5.22 Å². The van der Waals surface area contributed by atoms with Crippen molar-refractivity contribution in [2.24, 2.45) is 0 Å². The predicted molar refractivity (Wildman–Crippen MR) is 109 cm³/mol. The molecule has 5 nitrogen and oxygen atoms in total. The number of nitrogens with one attached hydrogen (secondary N) is 1. The third-order valence-electron chi connectivity index (χ3n) is 4.44. The third-order valence-corrected chi connectivity index (χ3v) is 5.37. The van der Waals surface area contributed by atoms with E-state index in [1.54, 1.807) is 0 Å². The first-order valence-electron chi connectivity index (χ1n) is 9.03. The largest absolute Gasteiger partial charge is 0.411 e. The number of thioether (sulfide) groups is 1. The maximum Gasteiger partial charge on any atom is 0.277 e. The summed E-state index contributed by atoms with van der Waals surface area (Å²) in [5, 5.41) is 11.2. The van der Waals surface area contributed by atoms with Crippen LogP contribution < -0.4 is 5.32 Å². The van der Waals surface area contributed by atoms with Gasteiger partial charge in [0.1, 0.15) is 0 Å². The zero-order valence-corrected chi connectivity index (χ0v) is 16.5. The first kappa shape index (κ1) is 19.2. The van der Waals surface area contributed by atoms with Crippen LogP contribution in [0.4, 0.5) is 5.69 Å². The zero-order chi connectivity index (χ0) is 19.2. The Labute approximate surface area is 163 Å². The van der Waals surface area contributed by atoms with E-state index in [1.807, 2.05) is 55.5 Å². The van der Waals surface area contributed by atoms with Crippen LogP contribution in [0.25, 0.3) is 11.5 Å². The number of carbonyl (C=O) groups excluding carboxylic acids is 1. The first-order chi connectivity index (χ1) is 13.1. The lowest BCUT2D eigenvalue weighted by Gasteiger charge is -2.17. The van der Waals surface area contributed by atoms with Gasteiger partial charge in [0, 0.05) is 11.3 Å². The number of amides is 1. The summed E-state index contributed by atoms with van der Waals surface area (Å²) in [6.45, 7) is 6.13. The summed E-state index contributed by atoms with van der Waals surface area (Å²) < 4.78 is 5.68. The van der Waals surface area contributed by atoms with Crippen LogP contribution in [0.2, 0.25) is 0 Å². The van der Waals surface area contributed by atoms with E-state index in [4.69, 9.17) is 4.42 Å². The van der Waals surface area contributed by atoms with Gasteiger partial charge >= 0.3 is 0 Å². The molecule has 2 atom stereocenters. The Hall–Kier alpha value is -2.60. The molecule has 0 aliphatic heterocycles. The standard InChI is InChI=1S/C21H23N3O2S/c1-4-14(2)17-12-8-9-13-18(17)22-19(25)15(3)27-21-24-23-20(26-21)16-10-6-5-7-11-16/h5-15H,4H2,1-3H3,(H,22,25)/t14-,15+/m1/s1. The molecule has 2 aromatic carbocycles. The molecule has 1 heterocycles. The lowest BCUT2D eigenvalue weighted by atomic mass is 9.97. The first-order valence-corrected chi connectivity index (χ1v) is 9.91. The number of rotatable bonds is 7. The van der Waals surface area contributed by atoms with Crippen molar-refractivity contribution in [2.45, 2.75) is 43.6 Å². The van der Waals surface area contributed by atoms with Gasteiger partial charge in [0.05, 0.1) is 5.25 Å². The van der Waals surface area contributed by atoms with Crippen LogP contribution >= 0.6 is 11.8 Å². The molecule has 3 rings (SSSR count). The Kier molecular flexibility index (Phi) is 6.29. The van der Waals surface area contributed by atoms with Crippen LogP contribution in [0.3, 0.4) is 0 Å². The molecule has 0 spiro atoms. The van der Waals surface area contributed by atoms with Crippen molar-refractivity contribution in [3.63, 3.8) is 0 Å². The van der Waals surface area contributed by atoms with Crippen molar-refractivity contribution in [1.29, 1.82) is 0 Å². The molecule has 140 valence electrons. The molecular formula is C21H23N3O2S. The molecule has 0 fully saturated rings. The van der Waals surface area contributed by atoms with E-state index in [1.165, 1.54) is 11.8 Å². The van der Waals surface area contributed by atoms with Crippen molar-refractivity contribution in [3.05, 3.63) is 60.2 Å². The normalized spacial score (nSPS) is 13.1. The highest BCUT2D eigenvalue weighted by Crippen LogP contribution is 2.29. The monoisotopic (exact) mass is 381 g/mol. The van der Waals surface area contributed by atoms with E-state index in [0.717, 1.165) is 23.2 Å². The molecule has 0 radical (unpaired) electrons. The second-order valence-corrected chi connectivity index (χ2v) is 7.68. The third kappa shape index (κ3) is 4.77. The van der Waals surface area contributed by atoms with E-state index < -0.39 is 0 Å². The molecule has 0 bridgehead atoms. The van der Waals surface area contributed by atoms with E-state index in [0.29, 0.717) is 17.0 Å². The molecule has 0 aliphatic carbocycles. The Morgan fingerprint density at radius 1 is 1.07 bits per heavy atom. The molecule has 3 aromatic rings. The molecule has 0 unspecified atom stereocenters. The van der Waals surface area contributed by atoms with Gasteiger partial charge in [-0.2, -0.15) is 0 Å². The molecule has 0 aliphatic rings. The fraction of sp³-hybridized carbons (Fsp3) is 0.286. The predicted octanol–water partition coefficient (Wildman–Crippen LogP) is 5.37. The number of anilines is 1. The fourth-order valence-electron chi connectivity index (χ4n) is 2.65. The van der Waals surface area contributed by atoms with E-state index in [2.05, 4.69) is 35.4 Å². The van der Waals surface area contributed by atoms with Crippen molar-refractivity contribution >= 4 is 23.4 Å². The molecule has 6 heteroatoms. The second kappa shape index (κ2) is 8.86. The minimum Gasteiger partial charge on any atom is -0.411 e. The number of aromatic nitrogens is 2. The lowest BCUT2D eigenvalue weighted by Crippen LogP contribution is -2.23. The molecule has 27 heavy (non-hydrogen) atoms. The topological polar surface area (TPSA) is 68.0 Å². The second-order valence-electron chi connectivity index (χ2n) is 6.39. The maximum atomic E-state index is 12.6. The fourth-order valence-corrected chi connectivity index (χ4v) is 3.34. The molecule has 0 saturated heterocycles. The summed E-state index contributed by atoms with van der Waals surface area (Å²) in [6, 6.07) is 17.5. The Morgan fingerprint density at radius 2 is 1.78 bits per heavy atom. The van der Waals surface area contributed by atoms with Crippen molar-refractivity contribution in [1.82, 2.24) is 10.2 Å². The SMILES string of the molecule is CC[C@@H](C)c1ccccc1NC(=O)[C@H](C)Sc1nnc(-c2ccccc2)o1. The van der Waals surface area contributed by atoms with E-state index in [9.17, 15) is 4.79 Å². The van der Waals surface area contributed by atoms with Gasteiger partial charge < -0.3 is 9.73 Å². The van der Waals surface area contributed by atoms with Crippen LogP contribution in [-0.4, -0.2) is 21.4 Å². The molecule has 0 saturated carbocycles. The van der Waals surface area contributed by atoms with Crippen LogP contribution in [0, 0.1) is 0 Å². The van der Waals surface area contributed by atoms with Gasteiger partial charge in [-0.3, -0.25) is 4.79 Å². The van der Waals surface area contributed by atoms with Crippen LogP contribution in [-0.2, 0) is 4.79 Å². The maximum absolute atomic E-state index is 12.6. The van der Waals surface area contributed by atoms with Crippen LogP contribution in [0.15, 0.2) is 64.2 Å². The van der Waals surface area contributed by atoms with Gasteiger partial charge in [-0.1, -0.05) is 62.0 Å². The molecule has 1 aromatic heterocycles. The van der Waals surface area contributed by atoms with Crippen molar-refractivity contribution in [2.75, 3.05) is 5.32 Å². The minimum atomic E-state index is -0.362. The van der Waals surface area contributed by atoms with Crippen LogP contribution in [0.5, 0.6) is 0 Å². The quantitative estimate of drug-likeness (QED) is 0.557. The Morgan fingerprint density at radius 3 is 2.52 bits per heavy atom. The van der Waals surface area contributed by atoms with Crippen LogP contribution in [0.1, 0.15) is 38.7 Å². The molecular weight excluding hydrogens is 358 g/mol. The Balaban J connectivity index is 1.66. The average molecular weight is 382 g/mol. The summed E-state index contributed by atoms with van der Waals surface area (Å²) >= 11 is 1.25. The van der Waals surface area contributed by atoms with Crippen molar-refractivity contribution < 1.29 is 9.21 Å². The summed E-state index contributed by atoms with van der Waals surface area (Å²) in [5.74, 6) is 0.747. The number of para-hydroxylation sites is 1. The van der Waals surface area contributed by atoms with Gasteiger partial charge in [-0.25, -0.2) is 0 Å². The number of nitrogens with zero attached hydrogens (tertiary/aromatic N) is 2. The molecule has 1 N–H and O–H groups in total. The number of benzene rings is 2. The highest BCUT2D eigenvalue weighted by Gasteiger charge is 2.20. The van der Waals surface area contributed by atoms with Gasteiger partial charge in [0.2, 0.25) is 11.8 Å². The summed E-state index contributed by atoms with van der Waals surface area (Å²) in [7, 11) is 0. The van der Waals surface area contributed by atoms with E-state index in [-0.39, 0.29) is 11.2 Å².